The maximum atomic E-state index is 7.50. The smallest absolute Gasteiger partial charge is 0.412 e. The third-order valence-electron chi connectivity index (χ3n) is 5.74. The van der Waals surface area contributed by atoms with Crippen LogP contribution in [-0.4, -0.2) is 57.1 Å². The van der Waals surface area contributed by atoms with Crippen molar-refractivity contribution in [1.29, 1.82) is 0 Å². The molecule has 0 amide bonds. The van der Waals surface area contributed by atoms with Crippen molar-refractivity contribution in [3.63, 3.8) is 0 Å². The summed E-state index contributed by atoms with van der Waals surface area (Å²) in [5.41, 5.74) is 0. The fourth-order valence-corrected chi connectivity index (χ4v) is 46.4. The standard InChI is InChI=1S/2C4H9O.4C4H9.H2O.O.2Sn/c2*1-2-3-4-5;4*1-3-4-2;;;;/h2*2-4H2,1H3;4*1,3-4H2,2H3;1H2;;;/q2*-1;;;;;;;2*+1. The first-order chi connectivity index (χ1) is 14.1. The summed E-state index contributed by atoms with van der Waals surface area (Å²) in [5.74, 6) is 0. The molecule has 0 fully saturated rings. The molecule has 0 aliphatic heterocycles. The van der Waals surface area contributed by atoms with Crippen LogP contribution in [0.5, 0.6) is 0 Å². The molecule has 0 heterocycles. The zero-order valence-electron chi connectivity index (χ0n) is 21.5. The van der Waals surface area contributed by atoms with Crippen molar-refractivity contribution in [2.45, 2.75) is 136 Å². The van der Waals surface area contributed by atoms with Crippen LogP contribution in [-0.2, 0) is 7.56 Å². The van der Waals surface area contributed by atoms with E-state index in [2.05, 4.69) is 41.5 Å². The largest absolute Gasteiger partial charge is 0.412 e. The van der Waals surface area contributed by atoms with E-state index in [0.29, 0.717) is 0 Å². The Labute approximate surface area is 199 Å². The zero-order chi connectivity index (χ0) is 21.8. The molecule has 0 aromatic carbocycles. The Morgan fingerprint density at radius 2 is 0.700 bits per heavy atom. The second-order valence-electron chi connectivity index (χ2n) is 8.74. The molecular weight excluding hydrogens is 590 g/mol. The number of hydrogen-bond donors (Lipinski definition) is 0. The van der Waals surface area contributed by atoms with Gasteiger partial charge in [0.15, 0.2) is 0 Å². The molecule has 30 heavy (non-hydrogen) atoms. The molecule has 184 valence electrons. The molecule has 0 unspecified atom stereocenters. The maximum absolute atomic E-state index is 7.50. The fourth-order valence-electron chi connectivity index (χ4n) is 3.73. The SMILES string of the molecule is CCCC[O][Sn]([CH2]CCC)([CH2]CCC)[O][Sn]([CH2]CCC)([CH2]CCC)[O]CCCC.O. The predicted octanol–water partition coefficient (Wildman–Crippen LogP) is 7.90. The summed E-state index contributed by atoms with van der Waals surface area (Å²) < 4.78 is 26.2. The van der Waals surface area contributed by atoms with E-state index in [1.807, 2.05) is 0 Å². The van der Waals surface area contributed by atoms with Crippen molar-refractivity contribution >= 4 is 38.4 Å². The van der Waals surface area contributed by atoms with Gasteiger partial charge in [0.1, 0.15) is 0 Å². The van der Waals surface area contributed by atoms with Gasteiger partial charge in [0, 0.05) is 0 Å². The van der Waals surface area contributed by atoms with Gasteiger partial charge in [-0.25, -0.2) is 0 Å². The predicted molar refractivity (Wildman–Crippen MR) is 137 cm³/mol. The average Bonchev–Trinajstić information content (AvgIpc) is 2.73. The summed E-state index contributed by atoms with van der Waals surface area (Å²) >= 11 is -6.25. The second-order valence-corrected chi connectivity index (χ2v) is 31.0. The zero-order valence-corrected chi connectivity index (χ0v) is 27.2. The third kappa shape index (κ3) is 15.3. The molecule has 0 saturated carbocycles. The Morgan fingerprint density at radius 1 is 0.433 bits per heavy atom. The Hall–Kier alpha value is 1.44. The van der Waals surface area contributed by atoms with Crippen LogP contribution in [0.25, 0.3) is 0 Å². The first-order valence-electron chi connectivity index (χ1n) is 13.1. The fraction of sp³-hybridized carbons (Fsp3) is 1.00. The van der Waals surface area contributed by atoms with Crippen molar-refractivity contribution < 1.29 is 13.0 Å². The molecular formula is C24H56O4Sn2. The third-order valence-corrected chi connectivity index (χ3v) is 39.0. The van der Waals surface area contributed by atoms with Crippen molar-refractivity contribution in [3.05, 3.63) is 0 Å². The molecule has 6 heteroatoms. The summed E-state index contributed by atoms with van der Waals surface area (Å²) in [4.78, 5) is 0. The monoisotopic (exact) mass is 648 g/mol. The van der Waals surface area contributed by atoms with Crippen LogP contribution in [0.1, 0.15) is 119 Å². The van der Waals surface area contributed by atoms with Gasteiger partial charge in [0.05, 0.1) is 0 Å². The van der Waals surface area contributed by atoms with Crippen LogP contribution >= 0.6 is 0 Å². The topological polar surface area (TPSA) is 59.2 Å². The van der Waals surface area contributed by atoms with Crippen LogP contribution in [0.2, 0.25) is 17.7 Å². The van der Waals surface area contributed by atoms with Gasteiger partial charge in [-0.1, -0.05) is 0 Å². The van der Waals surface area contributed by atoms with Crippen molar-refractivity contribution in [2.75, 3.05) is 13.2 Å². The van der Waals surface area contributed by atoms with Gasteiger partial charge < -0.3 is 5.48 Å². The van der Waals surface area contributed by atoms with Crippen LogP contribution in [0.3, 0.4) is 0 Å². The molecule has 0 bridgehead atoms. The van der Waals surface area contributed by atoms with Crippen LogP contribution in [0.15, 0.2) is 0 Å². The summed E-state index contributed by atoms with van der Waals surface area (Å²) in [6.07, 6.45) is 14.8. The summed E-state index contributed by atoms with van der Waals surface area (Å²) in [7, 11) is 0. The van der Waals surface area contributed by atoms with Gasteiger partial charge in [-0.3, -0.25) is 0 Å². The first-order valence-corrected chi connectivity index (χ1v) is 25.8. The summed E-state index contributed by atoms with van der Waals surface area (Å²) in [6, 6.07) is 0. The van der Waals surface area contributed by atoms with Crippen molar-refractivity contribution in [1.82, 2.24) is 0 Å². The van der Waals surface area contributed by atoms with Crippen LogP contribution in [0.4, 0.5) is 0 Å². The summed E-state index contributed by atoms with van der Waals surface area (Å²) in [6.45, 7) is 15.6. The molecule has 0 aromatic rings. The minimum atomic E-state index is -3.13. The van der Waals surface area contributed by atoms with E-state index in [9.17, 15) is 0 Å². The summed E-state index contributed by atoms with van der Waals surface area (Å²) in [5, 5.41) is 0. The minimum Gasteiger partial charge on any atom is -0.412 e. The molecule has 0 aliphatic rings. The van der Waals surface area contributed by atoms with Gasteiger partial charge in [-0.15, -0.1) is 0 Å². The molecule has 0 aromatic heterocycles. The van der Waals surface area contributed by atoms with E-state index < -0.39 is 38.4 Å². The van der Waals surface area contributed by atoms with E-state index in [-0.39, 0.29) is 5.48 Å². The number of rotatable bonds is 22. The molecule has 0 saturated heterocycles. The van der Waals surface area contributed by atoms with Crippen LogP contribution < -0.4 is 0 Å². The maximum Gasteiger partial charge on any atom is -0.412 e. The van der Waals surface area contributed by atoms with Crippen molar-refractivity contribution in [3.8, 4) is 0 Å². The van der Waals surface area contributed by atoms with Gasteiger partial charge in [-0.2, -0.15) is 0 Å². The number of unbranched alkanes of at least 4 members (excludes halogenated alkanes) is 6. The molecule has 0 radical (unpaired) electrons. The molecule has 0 rings (SSSR count). The molecule has 0 aliphatic carbocycles. The molecule has 0 atom stereocenters. The van der Waals surface area contributed by atoms with E-state index in [0.717, 1.165) is 13.2 Å². The average molecular weight is 646 g/mol. The van der Waals surface area contributed by atoms with Crippen LogP contribution in [0, 0.1) is 0 Å². The van der Waals surface area contributed by atoms with E-state index in [1.165, 1.54) is 94.8 Å². The normalized spacial score (nSPS) is 12.2. The molecule has 4 nitrogen and oxygen atoms in total. The van der Waals surface area contributed by atoms with Gasteiger partial charge in [-0.05, 0) is 0 Å². The molecule has 2 N–H and O–H groups in total. The number of hydrogen-bond acceptors (Lipinski definition) is 3. The van der Waals surface area contributed by atoms with Crippen molar-refractivity contribution in [2.24, 2.45) is 0 Å². The van der Waals surface area contributed by atoms with Gasteiger partial charge in [0.2, 0.25) is 0 Å². The first kappa shape index (κ1) is 33.6. The minimum absolute atomic E-state index is 0. The molecule has 0 spiro atoms. The Kier molecular flexibility index (Phi) is 24.9. The van der Waals surface area contributed by atoms with E-state index in [1.54, 1.807) is 0 Å². The van der Waals surface area contributed by atoms with Gasteiger partial charge in [0.25, 0.3) is 0 Å². The van der Waals surface area contributed by atoms with Gasteiger partial charge >= 0.3 is 196 Å². The quantitative estimate of drug-likeness (QED) is 0.0889. The Balaban J connectivity index is 0. The Morgan fingerprint density at radius 3 is 0.933 bits per heavy atom. The van der Waals surface area contributed by atoms with E-state index in [4.69, 9.17) is 7.56 Å². The second kappa shape index (κ2) is 22.2. The van der Waals surface area contributed by atoms with E-state index >= 15 is 0 Å². The Bertz CT molecular complexity index is 308.